The molecule has 1 amide bonds. The van der Waals surface area contributed by atoms with Gasteiger partial charge in [-0.25, -0.2) is 4.98 Å². The zero-order valence-electron chi connectivity index (χ0n) is 15.9. The summed E-state index contributed by atoms with van der Waals surface area (Å²) in [6, 6.07) is 18.3. The standard InChI is InChI=1S/C22H24N4OS/c1-25-13-12-24-21(25)20-15-23-11-14-26(20)22(27)18-7-9-19(10-8-18)28-16-17-5-3-2-4-6-17/h2-10,12-13,20,23H,11,14-16H2,1H3. The zero-order chi connectivity index (χ0) is 19.3. The molecule has 0 saturated carbocycles. The fraction of sp³-hybridized carbons (Fsp3) is 0.273. The molecule has 0 spiro atoms. The maximum Gasteiger partial charge on any atom is 0.254 e. The van der Waals surface area contributed by atoms with Crippen molar-refractivity contribution in [2.75, 3.05) is 19.6 Å². The number of carbonyl (C=O) groups is 1. The number of hydrogen-bond acceptors (Lipinski definition) is 4. The maximum absolute atomic E-state index is 13.2. The van der Waals surface area contributed by atoms with E-state index < -0.39 is 0 Å². The molecule has 2 heterocycles. The van der Waals surface area contributed by atoms with Gasteiger partial charge in [-0.15, -0.1) is 11.8 Å². The van der Waals surface area contributed by atoms with Crippen LogP contribution in [0.25, 0.3) is 0 Å². The molecule has 1 fully saturated rings. The number of benzene rings is 2. The second kappa shape index (κ2) is 8.63. The number of piperazine rings is 1. The van der Waals surface area contributed by atoms with E-state index in [0.29, 0.717) is 6.54 Å². The first-order valence-corrected chi connectivity index (χ1v) is 10.5. The van der Waals surface area contributed by atoms with Gasteiger partial charge in [0.25, 0.3) is 5.91 Å². The Bertz CT molecular complexity index is 923. The number of imidazole rings is 1. The smallest absolute Gasteiger partial charge is 0.254 e. The predicted octanol–water partition coefficient (Wildman–Crippen LogP) is 3.50. The number of aromatic nitrogens is 2. The summed E-state index contributed by atoms with van der Waals surface area (Å²) in [6.07, 6.45) is 3.71. The van der Waals surface area contributed by atoms with Crippen molar-refractivity contribution in [3.05, 3.63) is 83.9 Å². The molecule has 5 nitrogen and oxygen atoms in total. The highest BCUT2D eigenvalue weighted by Crippen LogP contribution is 2.26. The van der Waals surface area contributed by atoms with Gasteiger partial charge < -0.3 is 14.8 Å². The fourth-order valence-corrected chi connectivity index (χ4v) is 4.33. The highest BCUT2D eigenvalue weighted by molar-refractivity contribution is 7.98. The normalized spacial score (nSPS) is 16.9. The van der Waals surface area contributed by atoms with Crippen LogP contribution < -0.4 is 5.32 Å². The summed E-state index contributed by atoms with van der Waals surface area (Å²) in [5.74, 6) is 1.90. The Morgan fingerprint density at radius 3 is 2.68 bits per heavy atom. The number of aryl methyl sites for hydroxylation is 1. The highest BCUT2D eigenvalue weighted by Gasteiger charge is 2.30. The number of amides is 1. The lowest BCUT2D eigenvalue weighted by Gasteiger charge is -2.35. The van der Waals surface area contributed by atoms with E-state index in [1.54, 1.807) is 18.0 Å². The number of hydrogen-bond donors (Lipinski definition) is 1. The molecule has 3 aromatic rings. The highest BCUT2D eigenvalue weighted by atomic mass is 32.2. The first-order valence-electron chi connectivity index (χ1n) is 9.48. The summed E-state index contributed by atoms with van der Waals surface area (Å²) < 4.78 is 1.99. The minimum absolute atomic E-state index is 0.0478. The minimum Gasteiger partial charge on any atom is -0.336 e. The molecule has 0 radical (unpaired) electrons. The van der Waals surface area contributed by atoms with Crippen molar-refractivity contribution >= 4 is 17.7 Å². The third-order valence-electron chi connectivity index (χ3n) is 5.01. The number of nitrogens with one attached hydrogen (secondary N) is 1. The Balaban J connectivity index is 1.45. The quantitative estimate of drug-likeness (QED) is 0.675. The number of nitrogens with zero attached hydrogens (tertiary/aromatic N) is 3. The summed E-state index contributed by atoms with van der Waals surface area (Å²) in [5.41, 5.74) is 2.02. The van der Waals surface area contributed by atoms with Crippen molar-refractivity contribution in [3.63, 3.8) is 0 Å². The second-order valence-corrected chi connectivity index (χ2v) is 7.96. The van der Waals surface area contributed by atoms with E-state index in [1.165, 1.54) is 10.5 Å². The van der Waals surface area contributed by atoms with E-state index in [2.05, 4.69) is 34.6 Å². The molecule has 1 N–H and O–H groups in total. The second-order valence-electron chi connectivity index (χ2n) is 6.91. The minimum atomic E-state index is -0.0478. The van der Waals surface area contributed by atoms with E-state index >= 15 is 0 Å². The molecular formula is C22H24N4OS. The largest absolute Gasteiger partial charge is 0.336 e. The summed E-state index contributed by atoms with van der Waals surface area (Å²) in [5, 5.41) is 3.38. The van der Waals surface area contributed by atoms with Crippen LogP contribution in [-0.4, -0.2) is 40.0 Å². The van der Waals surface area contributed by atoms with Gasteiger partial charge in [0.15, 0.2) is 0 Å². The van der Waals surface area contributed by atoms with Crippen molar-refractivity contribution < 1.29 is 4.79 Å². The first kappa shape index (κ1) is 18.8. The molecule has 144 valence electrons. The zero-order valence-corrected chi connectivity index (χ0v) is 16.7. The van der Waals surface area contributed by atoms with Gasteiger partial charge in [-0.1, -0.05) is 30.3 Å². The average molecular weight is 393 g/mol. The van der Waals surface area contributed by atoms with Gasteiger partial charge in [-0.05, 0) is 29.8 Å². The van der Waals surface area contributed by atoms with Gasteiger partial charge in [0.2, 0.25) is 0 Å². The third kappa shape index (κ3) is 4.13. The van der Waals surface area contributed by atoms with E-state index in [0.717, 1.165) is 30.2 Å². The van der Waals surface area contributed by atoms with Crippen LogP contribution in [0, 0.1) is 0 Å². The van der Waals surface area contributed by atoms with Crippen LogP contribution in [0.2, 0.25) is 0 Å². The van der Waals surface area contributed by atoms with Crippen LogP contribution in [-0.2, 0) is 12.8 Å². The van der Waals surface area contributed by atoms with E-state index in [4.69, 9.17) is 0 Å². The number of rotatable bonds is 5. The third-order valence-corrected chi connectivity index (χ3v) is 6.09. The predicted molar refractivity (Wildman–Crippen MR) is 112 cm³/mol. The van der Waals surface area contributed by atoms with Gasteiger partial charge in [-0.3, -0.25) is 4.79 Å². The van der Waals surface area contributed by atoms with Gasteiger partial charge in [0.1, 0.15) is 11.9 Å². The average Bonchev–Trinajstić information content (AvgIpc) is 3.18. The molecular weight excluding hydrogens is 368 g/mol. The Morgan fingerprint density at radius 1 is 1.18 bits per heavy atom. The Morgan fingerprint density at radius 2 is 1.96 bits per heavy atom. The van der Waals surface area contributed by atoms with Crippen molar-refractivity contribution in [2.45, 2.75) is 16.7 Å². The molecule has 4 rings (SSSR count). The first-order chi connectivity index (χ1) is 13.7. The van der Waals surface area contributed by atoms with Crippen LogP contribution in [0.5, 0.6) is 0 Å². The number of thioether (sulfide) groups is 1. The van der Waals surface area contributed by atoms with Gasteiger partial charge in [0, 0.05) is 55.3 Å². The Hall–Kier alpha value is -2.57. The molecule has 0 bridgehead atoms. The van der Waals surface area contributed by atoms with Gasteiger partial charge in [0.05, 0.1) is 0 Å². The van der Waals surface area contributed by atoms with E-state index in [1.807, 2.05) is 53.0 Å². The molecule has 28 heavy (non-hydrogen) atoms. The molecule has 0 aliphatic carbocycles. The summed E-state index contributed by atoms with van der Waals surface area (Å²) in [7, 11) is 1.97. The molecule has 6 heteroatoms. The summed E-state index contributed by atoms with van der Waals surface area (Å²) in [6.45, 7) is 2.21. The van der Waals surface area contributed by atoms with Crippen LogP contribution in [0.15, 0.2) is 71.9 Å². The maximum atomic E-state index is 13.2. The summed E-state index contributed by atoms with van der Waals surface area (Å²) >= 11 is 1.78. The molecule has 2 aromatic carbocycles. The molecule has 1 saturated heterocycles. The van der Waals surface area contributed by atoms with Crippen molar-refractivity contribution in [1.82, 2.24) is 19.8 Å². The Kier molecular flexibility index (Phi) is 5.78. The topological polar surface area (TPSA) is 50.2 Å². The van der Waals surface area contributed by atoms with Crippen LogP contribution in [0.4, 0.5) is 0 Å². The van der Waals surface area contributed by atoms with Gasteiger partial charge >= 0.3 is 0 Å². The molecule has 1 aromatic heterocycles. The van der Waals surface area contributed by atoms with Crippen molar-refractivity contribution in [2.24, 2.45) is 7.05 Å². The lowest BCUT2D eigenvalue weighted by atomic mass is 10.1. The van der Waals surface area contributed by atoms with E-state index in [-0.39, 0.29) is 11.9 Å². The Labute approximate surface area is 169 Å². The fourth-order valence-electron chi connectivity index (χ4n) is 3.48. The van der Waals surface area contributed by atoms with Crippen LogP contribution >= 0.6 is 11.8 Å². The lowest BCUT2D eigenvalue weighted by Crippen LogP contribution is -2.49. The van der Waals surface area contributed by atoms with Gasteiger partial charge in [-0.2, -0.15) is 0 Å². The van der Waals surface area contributed by atoms with Crippen LogP contribution in [0.3, 0.4) is 0 Å². The van der Waals surface area contributed by atoms with Crippen LogP contribution in [0.1, 0.15) is 27.8 Å². The summed E-state index contributed by atoms with van der Waals surface area (Å²) in [4.78, 5) is 20.7. The number of carbonyl (C=O) groups excluding carboxylic acids is 1. The lowest BCUT2D eigenvalue weighted by molar-refractivity contribution is 0.0621. The van der Waals surface area contributed by atoms with E-state index in [9.17, 15) is 4.79 Å². The monoisotopic (exact) mass is 392 g/mol. The molecule has 1 aliphatic heterocycles. The molecule has 1 unspecified atom stereocenters. The SMILES string of the molecule is Cn1ccnc1C1CNCCN1C(=O)c1ccc(SCc2ccccc2)cc1. The molecule has 1 atom stereocenters. The molecule has 1 aliphatic rings. The van der Waals surface area contributed by atoms with Crippen molar-refractivity contribution in [3.8, 4) is 0 Å². The van der Waals surface area contributed by atoms with Crippen molar-refractivity contribution in [1.29, 1.82) is 0 Å².